The van der Waals surface area contributed by atoms with Gasteiger partial charge in [-0.2, -0.15) is 8.78 Å². The van der Waals surface area contributed by atoms with Gasteiger partial charge in [0.2, 0.25) is 0 Å². The summed E-state index contributed by atoms with van der Waals surface area (Å²) in [5.41, 5.74) is 5.98. The van der Waals surface area contributed by atoms with Crippen LogP contribution in [0, 0.1) is 0 Å². The van der Waals surface area contributed by atoms with Crippen LogP contribution >= 0.6 is 0 Å². The number of carbonyl (C=O) groups is 1. The van der Waals surface area contributed by atoms with E-state index < -0.39 is 12.2 Å². The highest BCUT2D eigenvalue weighted by Gasteiger charge is 2.32. The molecule has 1 amide bonds. The molecule has 0 bridgehead atoms. The van der Waals surface area contributed by atoms with Crippen molar-refractivity contribution in [3.63, 3.8) is 0 Å². The summed E-state index contributed by atoms with van der Waals surface area (Å²) in [5.74, 6) is 0.0351. The average molecular weight is 357 g/mol. The summed E-state index contributed by atoms with van der Waals surface area (Å²) in [5, 5.41) is 0. The minimum atomic E-state index is -2.93. The number of ether oxygens (including phenoxy) is 2. The van der Waals surface area contributed by atoms with E-state index in [0.29, 0.717) is 31.0 Å². The van der Waals surface area contributed by atoms with Gasteiger partial charge in [0, 0.05) is 37.4 Å². The maximum atomic E-state index is 12.7. The van der Waals surface area contributed by atoms with Crippen LogP contribution in [0.25, 0.3) is 0 Å². The third-order valence-electron chi connectivity index (χ3n) is 3.80. The Kier molecular flexibility index (Phi) is 5.59. The van der Waals surface area contributed by atoms with E-state index in [1.807, 2.05) is 32.6 Å². The first-order chi connectivity index (χ1) is 11.6. The number of halogens is 2. The van der Waals surface area contributed by atoms with Gasteiger partial charge in [-0.1, -0.05) is 0 Å². The SMILES string of the molecule is CC1CN(c2ccc(N)cc2OC(F)F)CCN1C(=O)OC(C)(C)C. The van der Waals surface area contributed by atoms with Gasteiger partial charge in [0.25, 0.3) is 0 Å². The van der Waals surface area contributed by atoms with Gasteiger partial charge < -0.3 is 25.0 Å². The Hall–Kier alpha value is -2.25. The summed E-state index contributed by atoms with van der Waals surface area (Å²) < 4.78 is 35.3. The topological polar surface area (TPSA) is 68.0 Å². The number of nitrogens with two attached hydrogens (primary N) is 1. The Labute approximate surface area is 146 Å². The first-order valence-corrected chi connectivity index (χ1v) is 8.16. The molecule has 1 aliphatic rings. The Balaban J connectivity index is 2.12. The first-order valence-electron chi connectivity index (χ1n) is 8.16. The van der Waals surface area contributed by atoms with Gasteiger partial charge in [-0.25, -0.2) is 4.79 Å². The summed E-state index contributed by atoms with van der Waals surface area (Å²) in [6.45, 7) is 5.78. The van der Waals surface area contributed by atoms with Crippen LogP contribution < -0.4 is 15.4 Å². The van der Waals surface area contributed by atoms with Crippen LogP contribution in [0.1, 0.15) is 27.7 Å². The molecule has 8 heteroatoms. The minimum absolute atomic E-state index is 0.0351. The fourth-order valence-corrected chi connectivity index (χ4v) is 2.75. The molecule has 1 atom stereocenters. The predicted octanol–water partition coefficient (Wildman–Crippen LogP) is 3.32. The predicted molar refractivity (Wildman–Crippen MR) is 92.1 cm³/mol. The number of amides is 1. The van der Waals surface area contributed by atoms with Crippen LogP contribution in [-0.4, -0.2) is 48.9 Å². The Morgan fingerprint density at radius 2 is 2.00 bits per heavy atom. The van der Waals surface area contributed by atoms with Gasteiger partial charge in [-0.05, 0) is 39.8 Å². The summed E-state index contributed by atoms with van der Waals surface area (Å²) in [7, 11) is 0. The molecule has 2 rings (SSSR count). The molecule has 1 aromatic carbocycles. The summed E-state index contributed by atoms with van der Waals surface area (Å²) in [6, 6.07) is 4.54. The monoisotopic (exact) mass is 357 g/mol. The molecule has 0 aromatic heterocycles. The van der Waals surface area contributed by atoms with Crippen molar-refractivity contribution >= 4 is 17.5 Å². The Morgan fingerprint density at radius 1 is 1.32 bits per heavy atom. The molecule has 0 spiro atoms. The van der Waals surface area contributed by atoms with Crippen LogP contribution in [-0.2, 0) is 4.74 Å². The van der Waals surface area contributed by atoms with Crippen LogP contribution in [0.4, 0.5) is 25.0 Å². The number of hydrogen-bond acceptors (Lipinski definition) is 5. The lowest BCUT2D eigenvalue weighted by Crippen LogP contribution is -2.55. The molecule has 0 saturated carbocycles. The van der Waals surface area contributed by atoms with Crippen molar-refractivity contribution in [1.29, 1.82) is 0 Å². The molecule has 25 heavy (non-hydrogen) atoms. The smallest absolute Gasteiger partial charge is 0.410 e. The third-order valence-corrected chi connectivity index (χ3v) is 3.80. The number of hydrogen-bond donors (Lipinski definition) is 1. The number of anilines is 2. The molecule has 1 aromatic rings. The van der Waals surface area contributed by atoms with Gasteiger partial charge in [-0.3, -0.25) is 0 Å². The van der Waals surface area contributed by atoms with E-state index in [1.165, 1.54) is 6.07 Å². The van der Waals surface area contributed by atoms with Crippen LogP contribution in [0.3, 0.4) is 0 Å². The van der Waals surface area contributed by atoms with E-state index in [1.54, 1.807) is 17.0 Å². The van der Waals surface area contributed by atoms with E-state index in [9.17, 15) is 13.6 Å². The molecule has 1 saturated heterocycles. The van der Waals surface area contributed by atoms with Crippen molar-refractivity contribution in [2.75, 3.05) is 30.3 Å². The minimum Gasteiger partial charge on any atom is -0.444 e. The zero-order chi connectivity index (χ0) is 18.8. The van der Waals surface area contributed by atoms with Crippen LogP contribution in [0.2, 0.25) is 0 Å². The van der Waals surface area contributed by atoms with Gasteiger partial charge in [0.1, 0.15) is 5.60 Å². The second-order valence-electron chi connectivity index (χ2n) is 7.07. The van der Waals surface area contributed by atoms with E-state index >= 15 is 0 Å². The van der Waals surface area contributed by atoms with Crippen molar-refractivity contribution in [2.24, 2.45) is 0 Å². The standard InChI is InChI=1S/C17H25F2N3O3/c1-11-10-21(7-8-22(11)16(23)25-17(2,3)4)13-6-5-12(20)9-14(13)24-15(18)19/h5-6,9,11,15H,7-8,10,20H2,1-4H3. The second-order valence-corrected chi connectivity index (χ2v) is 7.07. The summed E-state index contributed by atoms with van der Waals surface area (Å²) >= 11 is 0. The van der Waals surface area contributed by atoms with Crippen LogP contribution in [0.5, 0.6) is 5.75 Å². The third kappa shape index (κ3) is 5.11. The zero-order valence-electron chi connectivity index (χ0n) is 15.0. The second kappa shape index (κ2) is 7.33. The number of alkyl halides is 2. The average Bonchev–Trinajstić information content (AvgIpc) is 2.44. The molecule has 0 aliphatic carbocycles. The number of benzene rings is 1. The number of nitrogen functional groups attached to an aromatic ring is 1. The Morgan fingerprint density at radius 3 is 2.56 bits per heavy atom. The highest BCUT2D eigenvalue weighted by atomic mass is 19.3. The fraction of sp³-hybridized carbons (Fsp3) is 0.588. The van der Waals surface area contributed by atoms with E-state index in [-0.39, 0.29) is 17.9 Å². The van der Waals surface area contributed by atoms with Gasteiger partial charge >= 0.3 is 12.7 Å². The maximum absolute atomic E-state index is 12.7. The van der Waals surface area contributed by atoms with Gasteiger partial charge in [-0.15, -0.1) is 0 Å². The summed E-state index contributed by atoms with van der Waals surface area (Å²) in [4.78, 5) is 15.8. The first kappa shape index (κ1) is 19.1. The molecular weight excluding hydrogens is 332 g/mol. The lowest BCUT2D eigenvalue weighted by molar-refractivity contribution is -0.0495. The number of rotatable bonds is 3. The molecule has 0 radical (unpaired) electrons. The highest BCUT2D eigenvalue weighted by molar-refractivity contribution is 5.70. The van der Waals surface area contributed by atoms with Crippen molar-refractivity contribution in [3.8, 4) is 5.75 Å². The van der Waals surface area contributed by atoms with Gasteiger partial charge in [0.05, 0.1) is 5.69 Å². The van der Waals surface area contributed by atoms with Gasteiger partial charge in [0.15, 0.2) is 5.75 Å². The molecule has 2 N–H and O–H groups in total. The molecule has 1 unspecified atom stereocenters. The molecule has 1 fully saturated rings. The molecule has 1 aliphatic heterocycles. The van der Waals surface area contributed by atoms with Crippen molar-refractivity contribution in [3.05, 3.63) is 18.2 Å². The van der Waals surface area contributed by atoms with Crippen LogP contribution in [0.15, 0.2) is 18.2 Å². The lowest BCUT2D eigenvalue weighted by Gasteiger charge is -2.41. The molecule has 140 valence electrons. The van der Waals surface area contributed by atoms with E-state index in [0.717, 1.165) is 0 Å². The molecular formula is C17H25F2N3O3. The zero-order valence-corrected chi connectivity index (χ0v) is 15.0. The molecule has 6 nitrogen and oxygen atoms in total. The fourth-order valence-electron chi connectivity index (χ4n) is 2.75. The van der Waals surface area contributed by atoms with E-state index in [2.05, 4.69) is 4.74 Å². The lowest BCUT2D eigenvalue weighted by atomic mass is 10.1. The van der Waals surface area contributed by atoms with E-state index in [4.69, 9.17) is 10.5 Å². The van der Waals surface area contributed by atoms with Crippen molar-refractivity contribution in [2.45, 2.75) is 45.9 Å². The summed E-state index contributed by atoms with van der Waals surface area (Å²) in [6.07, 6.45) is -0.374. The number of nitrogens with zero attached hydrogens (tertiary/aromatic N) is 2. The van der Waals surface area contributed by atoms with Crippen molar-refractivity contribution in [1.82, 2.24) is 4.90 Å². The quantitative estimate of drug-likeness (QED) is 0.841. The largest absolute Gasteiger partial charge is 0.444 e. The Bertz CT molecular complexity index is 620. The van der Waals surface area contributed by atoms with Crippen molar-refractivity contribution < 1.29 is 23.0 Å². The highest BCUT2D eigenvalue weighted by Crippen LogP contribution is 2.33. The number of piperazine rings is 1. The number of carbonyl (C=O) groups excluding carboxylic acids is 1. The maximum Gasteiger partial charge on any atom is 0.410 e. The normalized spacial score (nSPS) is 18.4. The molecule has 1 heterocycles.